The molecule has 1 aromatic rings. The molecule has 2 rings (SSSR count). The fourth-order valence-corrected chi connectivity index (χ4v) is 5.48. The highest BCUT2D eigenvalue weighted by Gasteiger charge is 2.39. The van der Waals surface area contributed by atoms with E-state index in [1.54, 1.807) is 92.6 Å². The number of esters is 1. The molecule has 1 saturated heterocycles. The number of likely N-dealkylation sites (tertiary alicyclic amines) is 1. The van der Waals surface area contributed by atoms with E-state index in [4.69, 9.17) is 14.2 Å². The number of guanidine groups is 1. The maximum Gasteiger partial charge on any atom is 0.414 e. The van der Waals surface area contributed by atoms with Crippen LogP contribution in [0.1, 0.15) is 125 Å². The van der Waals surface area contributed by atoms with Crippen LogP contribution in [0.2, 0.25) is 0 Å². The van der Waals surface area contributed by atoms with Crippen molar-refractivity contribution >= 4 is 41.8 Å². The van der Waals surface area contributed by atoms with Crippen LogP contribution in [0.4, 0.5) is 9.59 Å². The quantitative estimate of drug-likeness (QED) is 0.0686. The minimum atomic E-state index is -0.980. The second-order valence-electron chi connectivity index (χ2n) is 16.8. The van der Waals surface area contributed by atoms with Crippen LogP contribution < -0.4 is 21.3 Å². The van der Waals surface area contributed by atoms with Gasteiger partial charge in [-0.05, 0) is 119 Å². The van der Waals surface area contributed by atoms with Crippen molar-refractivity contribution in [3.8, 4) is 0 Å². The maximum atomic E-state index is 14.1. The van der Waals surface area contributed by atoms with Gasteiger partial charge in [0, 0.05) is 18.7 Å². The van der Waals surface area contributed by atoms with Gasteiger partial charge in [-0.3, -0.25) is 30.0 Å². The van der Waals surface area contributed by atoms with Crippen LogP contribution in [0.15, 0.2) is 35.3 Å². The average molecular weight is 759 g/mol. The first-order chi connectivity index (χ1) is 24.9. The van der Waals surface area contributed by atoms with Gasteiger partial charge in [-0.25, -0.2) is 14.4 Å². The van der Waals surface area contributed by atoms with Gasteiger partial charge >= 0.3 is 18.2 Å². The molecular formula is C39H62N6O9. The third-order valence-corrected chi connectivity index (χ3v) is 7.60. The topological polar surface area (TPSA) is 194 Å². The molecule has 1 aliphatic heterocycles. The number of alkyl carbamates (subject to hydrolysis) is 2. The third-order valence-electron chi connectivity index (χ3n) is 7.60. The SMILES string of the molecule is CC(C)C[C@H](NC(=O)[C@@H]1CCCN1C(=O)[C@@H](CCCCN=C(NC(=O)OC(C)(C)C)NC(=O)OC(C)(C)C)NC(=O)c1ccccc1)C(=O)OC(C)(C)C. The molecule has 15 heteroatoms. The zero-order chi connectivity index (χ0) is 40.9. The fourth-order valence-electron chi connectivity index (χ4n) is 5.48. The number of hydrogen-bond donors (Lipinski definition) is 4. The van der Waals surface area contributed by atoms with E-state index in [1.807, 2.05) is 13.8 Å². The Morgan fingerprint density at radius 3 is 1.85 bits per heavy atom. The van der Waals surface area contributed by atoms with Gasteiger partial charge in [-0.15, -0.1) is 0 Å². The number of aliphatic imine (C=N–C) groups is 1. The Labute approximate surface area is 320 Å². The average Bonchev–Trinajstić information content (AvgIpc) is 3.51. The Morgan fingerprint density at radius 2 is 1.33 bits per heavy atom. The second kappa shape index (κ2) is 20.1. The van der Waals surface area contributed by atoms with Crippen LogP contribution >= 0.6 is 0 Å². The molecule has 4 N–H and O–H groups in total. The van der Waals surface area contributed by atoms with Crippen LogP contribution in [0, 0.1) is 5.92 Å². The smallest absolute Gasteiger partial charge is 0.414 e. The number of amides is 5. The summed E-state index contributed by atoms with van der Waals surface area (Å²) in [5.74, 6) is -1.94. The molecular weight excluding hydrogens is 696 g/mol. The molecule has 3 atom stereocenters. The molecule has 0 saturated carbocycles. The molecule has 1 aliphatic rings. The summed E-state index contributed by atoms with van der Waals surface area (Å²) >= 11 is 0. The summed E-state index contributed by atoms with van der Waals surface area (Å²) in [6, 6.07) is 5.79. The lowest BCUT2D eigenvalue weighted by atomic mass is 10.0. The van der Waals surface area contributed by atoms with E-state index in [-0.39, 0.29) is 24.8 Å². The van der Waals surface area contributed by atoms with Gasteiger partial charge in [0.15, 0.2) is 0 Å². The number of carbonyl (C=O) groups excluding carboxylic acids is 6. The van der Waals surface area contributed by atoms with E-state index in [0.29, 0.717) is 44.2 Å². The van der Waals surface area contributed by atoms with Gasteiger partial charge in [-0.1, -0.05) is 32.0 Å². The Kier molecular flexibility index (Phi) is 16.9. The van der Waals surface area contributed by atoms with E-state index < -0.39 is 70.8 Å². The summed E-state index contributed by atoms with van der Waals surface area (Å²) in [7, 11) is 0. The van der Waals surface area contributed by atoms with Crippen molar-refractivity contribution in [2.45, 2.75) is 150 Å². The van der Waals surface area contributed by atoms with Gasteiger partial charge in [-0.2, -0.15) is 0 Å². The first-order valence-corrected chi connectivity index (χ1v) is 18.7. The molecule has 5 amide bonds. The molecule has 54 heavy (non-hydrogen) atoms. The van der Waals surface area contributed by atoms with E-state index in [1.165, 1.54) is 4.90 Å². The number of nitrogens with one attached hydrogen (secondary N) is 4. The van der Waals surface area contributed by atoms with Crippen LogP contribution in [0.25, 0.3) is 0 Å². The summed E-state index contributed by atoms with van der Waals surface area (Å²) in [6.45, 7) is 19.8. The largest absolute Gasteiger partial charge is 0.458 e. The lowest BCUT2D eigenvalue weighted by molar-refractivity contribution is -0.159. The van der Waals surface area contributed by atoms with Crippen molar-refractivity contribution in [1.82, 2.24) is 26.2 Å². The number of nitrogens with zero attached hydrogens (tertiary/aromatic N) is 2. The van der Waals surface area contributed by atoms with Crippen LogP contribution in [-0.4, -0.2) is 94.8 Å². The predicted molar refractivity (Wildman–Crippen MR) is 205 cm³/mol. The Morgan fingerprint density at radius 1 is 0.778 bits per heavy atom. The number of ether oxygens (including phenoxy) is 3. The van der Waals surface area contributed by atoms with E-state index in [9.17, 15) is 28.8 Å². The zero-order valence-electron chi connectivity index (χ0n) is 33.9. The molecule has 1 aromatic carbocycles. The molecule has 0 spiro atoms. The van der Waals surface area contributed by atoms with Gasteiger partial charge in [0.05, 0.1) is 0 Å². The summed E-state index contributed by atoms with van der Waals surface area (Å²) in [4.78, 5) is 84.8. The first-order valence-electron chi connectivity index (χ1n) is 18.7. The first kappa shape index (κ1) is 45.5. The minimum absolute atomic E-state index is 0.0864. The van der Waals surface area contributed by atoms with Gasteiger partial charge in [0.1, 0.15) is 34.9 Å². The Hall–Kier alpha value is -4.69. The van der Waals surface area contributed by atoms with Gasteiger partial charge in [0.25, 0.3) is 5.91 Å². The Balaban J connectivity index is 2.23. The molecule has 0 unspecified atom stereocenters. The lowest BCUT2D eigenvalue weighted by Crippen LogP contribution is -2.55. The van der Waals surface area contributed by atoms with Gasteiger partial charge < -0.3 is 29.7 Å². The highest BCUT2D eigenvalue weighted by Crippen LogP contribution is 2.22. The number of carbonyl (C=O) groups is 6. The summed E-state index contributed by atoms with van der Waals surface area (Å²) in [6.07, 6.45) is 0.693. The highest BCUT2D eigenvalue weighted by atomic mass is 16.6. The zero-order valence-corrected chi connectivity index (χ0v) is 33.9. The van der Waals surface area contributed by atoms with Crippen LogP contribution in [0.5, 0.6) is 0 Å². The van der Waals surface area contributed by atoms with E-state index in [0.717, 1.165) is 0 Å². The minimum Gasteiger partial charge on any atom is -0.458 e. The maximum absolute atomic E-state index is 14.1. The second-order valence-corrected chi connectivity index (χ2v) is 16.8. The molecule has 1 fully saturated rings. The normalized spacial score (nSPS) is 15.7. The summed E-state index contributed by atoms with van der Waals surface area (Å²) in [5, 5.41) is 10.6. The molecule has 15 nitrogen and oxygen atoms in total. The molecule has 0 bridgehead atoms. The number of unbranched alkanes of at least 4 members (excludes halogenated alkanes) is 1. The van der Waals surface area contributed by atoms with Crippen molar-refractivity contribution in [3.05, 3.63) is 35.9 Å². The standard InChI is InChI=1S/C39H62N6O9/c1-25(2)24-28(33(49)52-37(3,4)5)42-31(47)29-21-17-23-45(29)32(48)27(41-30(46)26-18-13-12-14-19-26)20-15-16-22-40-34(43-35(50)53-38(6,7)8)44-36(51)54-39(9,10)11/h12-14,18-19,25,27-29H,15-17,20-24H2,1-11H3,(H,41,46)(H,42,47)(H2,40,43,44,50,51)/t27-,28+,29+/m1/s1. The van der Waals surface area contributed by atoms with E-state index >= 15 is 0 Å². The van der Waals surface area contributed by atoms with Crippen molar-refractivity contribution in [2.24, 2.45) is 10.9 Å². The summed E-state index contributed by atoms with van der Waals surface area (Å²) < 4.78 is 16.2. The van der Waals surface area contributed by atoms with Crippen LogP contribution in [-0.2, 0) is 28.6 Å². The molecule has 0 aliphatic carbocycles. The third kappa shape index (κ3) is 17.4. The predicted octanol–water partition coefficient (Wildman–Crippen LogP) is 5.22. The van der Waals surface area contributed by atoms with Crippen molar-refractivity contribution in [3.63, 3.8) is 0 Å². The van der Waals surface area contributed by atoms with Gasteiger partial charge in [0.2, 0.25) is 17.8 Å². The fraction of sp³-hybridized carbons (Fsp3) is 0.667. The monoisotopic (exact) mass is 758 g/mol. The Bertz CT molecular complexity index is 1440. The highest BCUT2D eigenvalue weighted by molar-refractivity contribution is 6.01. The lowest BCUT2D eigenvalue weighted by Gasteiger charge is -2.31. The molecule has 1 heterocycles. The van der Waals surface area contributed by atoms with E-state index in [2.05, 4.69) is 26.3 Å². The number of hydrogen-bond acceptors (Lipinski definition) is 10. The molecule has 302 valence electrons. The van der Waals surface area contributed by atoms with Crippen LogP contribution in [0.3, 0.4) is 0 Å². The summed E-state index contributed by atoms with van der Waals surface area (Å²) in [5.41, 5.74) is -1.96. The van der Waals surface area contributed by atoms with Crippen molar-refractivity contribution in [2.75, 3.05) is 13.1 Å². The number of benzene rings is 1. The molecule has 0 radical (unpaired) electrons. The van der Waals surface area contributed by atoms with Crippen molar-refractivity contribution in [1.29, 1.82) is 0 Å². The number of rotatable bonds is 13. The molecule has 0 aromatic heterocycles. The van der Waals surface area contributed by atoms with Crippen molar-refractivity contribution < 1.29 is 43.0 Å².